The summed E-state index contributed by atoms with van der Waals surface area (Å²) in [7, 11) is 1.47. The quantitative estimate of drug-likeness (QED) is 0.652. The Balaban J connectivity index is 2.46. The maximum atomic E-state index is 12.0. The Hall–Kier alpha value is -0.610. The van der Waals surface area contributed by atoms with Gasteiger partial charge < -0.3 is 9.64 Å². The molecule has 1 unspecified atom stereocenters. The summed E-state index contributed by atoms with van der Waals surface area (Å²) >= 11 is 0. The lowest BCUT2D eigenvalue weighted by atomic mass is 9.95. The third-order valence-electron chi connectivity index (χ3n) is 3.99. The van der Waals surface area contributed by atoms with Gasteiger partial charge >= 0.3 is 5.97 Å². The summed E-state index contributed by atoms with van der Waals surface area (Å²) in [6, 6.07) is 1.07. The molecule has 0 radical (unpaired) electrons. The zero-order chi connectivity index (χ0) is 14.5. The Kier molecular flexibility index (Phi) is 6.27. The van der Waals surface area contributed by atoms with Crippen LogP contribution in [0.1, 0.15) is 53.4 Å². The van der Waals surface area contributed by atoms with Crippen molar-refractivity contribution < 1.29 is 9.53 Å². The van der Waals surface area contributed by atoms with E-state index in [4.69, 9.17) is 4.74 Å². The SMILES string of the molecule is CCN(CCCC(C)(NC1CC1)C(=O)OC)C(C)C. The number of rotatable bonds is 9. The third-order valence-corrected chi connectivity index (χ3v) is 3.99. The molecule has 1 N–H and O–H groups in total. The molecule has 0 amide bonds. The van der Waals surface area contributed by atoms with Gasteiger partial charge in [0.15, 0.2) is 0 Å². The lowest BCUT2D eigenvalue weighted by Gasteiger charge is -2.30. The first-order valence-corrected chi connectivity index (χ1v) is 7.53. The molecule has 19 heavy (non-hydrogen) atoms. The van der Waals surface area contributed by atoms with Crippen LogP contribution in [-0.4, -0.2) is 48.7 Å². The average Bonchev–Trinajstić information content (AvgIpc) is 3.16. The summed E-state index contributed by atoms with van der Waals surface area (Å²) in [5.74, 6) is -0.132. The molecule has 0 saturated heterocycles. The van der Waals surface area contributed by atoms with Gasteiger partial charge in [-0.3, -0.25) is 10.1 Å². The molecule has 1 aliphatic rings. The van der Waals surface area contributed by atoms with Crippen molar-refractivity contribution in [3.05, 3.63) is 0 Å². The van der Waals surface area contributed by atoms with Crippen LogP contribution in [0.25, 0.3) is 0 Å². The minimum Gasteiger partial charge on any atom is -0.468 e. The van der Waals surface area contributed by atoms with E-state index in [0.717, 1.165) is 25.9 Å². The number of carbonyl (C=O) groups excluding carboxylic acids is 1. The van der Waals surface area contributed by atoms with Crippen LogP contribution in [0.4, 0.5) is 0 Å². The molecular weight excluding hydrogens is 240 g/mol. The van der Waals surface area contributed by atoms with Crippen molar-refractivity contribution in [2.45, 2.75) is 71.0 Å². The van der Waals surface area contributed by atoms with E-state index in [-0.39, 0.29) is 5.97 Å². The Morgan fingerprint density at radius 1 is 1.47 bits per heavy atom. The molecule has 1 fully saturated rings. The zero-order valence-corrected chi connectivity index (χ0v) is 13.2. The van der Waals surface area contributed by atoms with Crippen LogP contribution in [0.3, 0.4) is 0 Å². The molecule has 1 atom stereocenters. The minimum atomic E-state index is -0.522. The molecule has 0 spiro atoms. The second-order valence-corrected chi connectivity index (χ2v) is 6.07. The van der Waals surface area contributed by atoms with Gasteiger partial charge in [0.25, 0.3) is 0 Å². The van der Waals surface area contributed by atoms with Crippen LogP contribution < -0.4 is 5.32 Å². The highest BCUT2D eigenvalue weighted by Crippen LogP contribution is 2.25. The van der Waals surface area contributed by atoms with Crippen LogP contribution in [0, 0.1) is 0 Å². The molecule has 0 aliphatic heterocycles. The molecule has 0 bridgehead atoms. The number of esters is 1. The van der Waals surface area contributed by atoms with Gasteiger partial charge in [-0.05, 0) is 59.5 Å². The molecule has 0 aromatic heterocycles. The summed E-state index contributed by atoms with van der Waals surface area (Å²) in [5, 5.41) is 3.45. The van der Waals surface area contributed by atoms with Crippen molar-refractivity contribution in [3.63, 3.8) is 0 Å². The van der Waals surface area contributed by atoms with Gasteiger partial charge in [-0.15, -0.1) is 0 Å². The van der Waals surface area contributed by atoms with E-state index in [0.29, 0.717) is 12.1 Å². The molecule has 1 rings (SSSR count). The lowest BCUT2D eigenvalue weighted by molar-refractivity contribution is -0.148. The number of ether oxygens (including phenoxy) is 1. The summed E-state index contributed by atoms with van der Waals surface area (Å²) in [6.07, 6.45) is 4.20. The normalized spacial score (nSPS) is 18.7. The van der Waals surface area contributed by atoms with Gasteiger partial charge in [-0.2, -0.15) is 0 Å². The number of nitrogens with zero attached hydrogens (tertiary/aromatic N) is 1. The minimum absolute atomic E-state index is 0.132. The first-order valence-electron chi connectivity index (χ1n) is 7.53. The molecule has 1 aliphatic carbocycles. The van der Waals surface area contributed by atoms with Crippen molar-refractivity contribution >= 4 is 5.97 Å². The largest absolute Gasteiger partial charge is 0.468 e. The Morgan fingerprint density at radius 3 is 2.53 bits per heavy atom. The molecule has 4 heteroatoms. The van der Waals surface area contributed by atoms with Gasteiger partial charge in [0.2, 0.25) is 0 Å². The number of hydrogen-bond acceptors (Lipinski definition) is 4. The van der Waals surface area contributed by atoms with E-state index in [1.165, 1.54) is 20.0 Å². The molecule has 4 nitrogen and oxygen atoms in total. The topological polar surface area (TPSA) is 41.6 Å². The number of hydrogen-bond donors (Lipinski definition) is 1. The van der Waals surface area contributed by atoms with Crippen LogP contribution in [0.15, 0.2) is 0 Å². The summed E-state index contributed by atoms with van der Waals surface area (Å²) in [4.78, 5) is 14.4. The highest BCUT2D eigenvalue weighted by atomic mass is 16.5. The smallest absolute Gasteiger partial charge is 0.325 e. The molecule has 112 valence electrons. The summed E-state index contributed by atoms with van der Waals surface area (Å²) in [6.45, 7) is 10.7. The van der Waals surface area contributed by atoms with Crippen LogP contribution in [0.5, 0.6) is 0 Å². The summed E-state index contributed by atoms with van der Waals surface area (Å²) in [5.41, 5.74) is -0.522. The molecule has 0 aromatic carbocycles. The van der Waals surface area contributed by atoms with Gasteiger partial charge in [0, 0.05) is 12.1 Å². The van der Waals surface area contributed by atoms with Crippen molar-refractivity contribution in [3.8, 4) is 0 Å². The highest BCUT2D eigenvalue weighted by molar-refractivity contribution is 5.80. The molecule has 0 heterocycles. The second-order valence-electron chi connectivity index (χ2n) is 6.07. The predicted molar refractivity (Wildman–Crippen MR) is 78.2 cm³/mol. The summed E-state index contributed by atoms with van der Waals surface area (Å²) < 4.78 is 4.96. The molecule has 0 aromatic rings. The van der Waals surface area contributed by atoms with Crippen LogP contribution >= 0.6 is 0 Å². The average molecular weight is 270 g/mol. The predicted octanol–water partition coefficient (Wildman–Crippen LogP) is 2.18. The zero-order valence-electron chi connectivity index (χ0n) is 13.2. The van der Waals surface area contributed by atoms with E-state index in [1.807, 2.05) is 6.92 Å². The van der Waals surface area contributed by atoms with Gasteiger partial charge in [-0.1, -0.05) is 6.92 Å². The van der Waals surface area contributed by atoms with Crippen molar-refractivity contribution in [1.29, 1.82) is 0 Å². The fourth-order valence-electron chi connectivity index (χ4n) is 2.55. The van der Waals surface area contributed by atoms with Crippen molar-refractivity contribution in [1.82, 2.24) is 10.2 Å². The maximum Gasteiger partial charge on any atom is 0.325 e. The van der Waals surface area contributed by atoms with Gasteiger partial charge in [0.05, 0.1) is 7.11 Å². The number of nitrogens with one attached hydrogen (secondary N) is 1. The van der Waals surface area contributed by atoms with Crippen LogP contribution in [0.2, 0.25) is 0 Å². The van der Waals surface area contributed by atoms with Crippen LogP contribution in [-0.2, 0) is 9.53 Å². The standard InChI is InChI=1S/C15H30N2O2/c1-6-17(12(2)3)11-7-10-15(4,14(18)19-5)16-13-8-9-13/h12-13,16H,6-11H2,1-5H3. The van der Waals surface area contributed by atoms with E-state index in [1.54, 1.807) is 0 Å². The first-order chi connectivity index (χ1) is 8.92. The van der Waals surface area contributed by atoms with E-state index in [2.05, 4.69) is 31.0 Å². The number of carbonyl (C=O) groups is 1. The third kappa shape index (κ3) is 5.11. The van der Waals surface area contributed by atoms with E-state index >= 15 is 0 Å². The fourth-order valence-corrected chi connectivity index (χ4v) is 2.55. The Morgan fingerprint density at radius 2 is 2.11 bits per heavy atom. The lowest BCUT2D eigenvalue weighted by Crippen LogP contribution is -2.51. The number of methoxy groups -OCH3 is 1. The molecule has 1 saturated carbocycles. The monoisotopic (exact) mass is 270 g/mol. The highest BCUT2D eigenvalue weighted by Gasteiger charge is 2.38. The van der Waals surface area contributed by atoms with Crippen molar-refractivity contribution in [2.24, 2.45) is 0 Å². The molecular formula is C15H30N2O2. The maximum absolute atomic E-state index is 12.0. The van der Waals surface area contributed by atoms with E-state index in [9.17, 15) is 4.79 Å². The van der Waals surface area contributed by atoms with Gasteiger partial charge in [0.1, 0.15) is 5.54 Å². The fraction of sp³-hybridized carbons (Fsp3) is 0.933. The Labute approximate surface area is 117 Å². The first kappa shape index (κ1) is 16.4. The van der Waals surface area contributed by atoms with Crippen molar-refractivity contribution in [2.75, 3.05) is 20.2 Å². The Bertz CT molecular complexity index is 290. The van der Waals surface area contributed by atoms with E-state index < -0.39 is 5.54 Å². The second kappa shape index (κ2) is 7.25. The van der Waals surface area contributed by atoms with Gasteiger partial charge in [-0.25, -0.2) is 0 Å².